The van der Waals surface area contributed by atoms with Crippen molar-refractivity contribution in [3.05, 3.63) is 0 Å². The molecule has 0 aromatic heterocycles. The average molecular weight is 225 g/mol. The van der Waals surface area contributed by atoms with Crippen LogP contribution in [0.3, 0.4) is 0 Å². The lowest BCUT2D eigenvalue weighted by Crippen LogP contribution is -2.45. The normalized spacial score (nSPS) is 26.2. The summed E-state index contributed by atoms with van der Waals surface area (Å²) in [7, 11) is 2.21. The van der Waals surface area contributed by atoms with E-state index < -0.39 is 0 Å². The summed E-state index contributed by atoms with van der Waals surface area (Å²) in [4.78, 5) is 15.9. The highest BCUT2D eigenvalue weighted by atomic mass is 16.2. The molecule has 1 saturated carbocycles. The smallest absolute Gasteiger partial charge is 0.236 e. The first kappa shape index (κ1) is 11.9. The van der Waals surface area contributed by atoms with Crippen molar-refractivity contribution in [3.63, 3.8) is 0 Å². The topological polar surface area (TPSA) is 49.6 Å². The number of hydrogen-bond acceptors (Lipinski definition) is 3. The summed E-state index contributed by atoms with van der Waals surface area (Å²) in [6, 6.07) is 0.820. The Labute approximate surface area is 97.8 Å². The molecule has 0 unspecified atom stereocenters. The van der Waals surface area contributed by atoms with Crippen molar-refractivity contribution in [2.24, 2.45) is 11.7 Å². The van der Waals surface area contributed by atoms with E-state index >= 15 is 0 Å². The van der Waals surface area contributed by atoms with Gasteiger partial charge in [-0.15, -0.1) is 0 Å². The number of rotatable bonds is 4. The summed E-state index contributed by atoms with van der Waals surface area (Å²) in [5, 5.41) is 0. The van der Waals surface area contributed by atoms with Gasteiger partial charge in [-0.1, -0.05) is 0 Å². The molecule has 0 radical (unpaired) electrons. The molecule has 0 bridgehead atoms. The van der Waals surface area contributed by atoms with E-state index in [1.165, 1.54) is 19.3 Å². The molecule has 1 atom stereocenters. The summed E-state index contributed by atoms with van der Waals surface area (Å²) >= 11 is 0. The van der Waals surface area contributed by atoms with E-state index in [0.717, 1.165) is 32.1 Å². The summed E-state index contributed by atoms with van der Waals surface area (Å²) in [6.07, 6.45) is 5.10. The SMILES string of the molecule is CN(C[C@@H]1CCCN(C(=O)CN)C1)C1CC1. The van der Waals surface area contributed by atoms with Crippen molar-refractivity contribution >= 4 is 5.91 Å². The van der Waals surface area contributed by atoms with Crippen molar-refractivity contribution < 1.29 is 4.79 Å². The lowest BCUT2D eigenvalue weighted by Gasteiger charge is -2.34. The molecule has 0 aromatic carbocycles. The van der Waals surface area contributed by atoms with E-state index in [1.54, 1.807) is 0 Å². The molecule has 92 valence electrons. The molecule has 0 aromatic rings. The summed E-state index contributed by atoms with van der Waals surface area (Å²) in [6.45, 7) is 3.11. The standard InChI is InChI=1S/C12H23N3O/c1-14(11-4-5-11)8-10-3-2-6-15(9-10)12(16)7-13/h10-11H,2-9,13H2,1H3/t10-/m0/s1. The van der Waals surface area contributed by atoms with Crippen molar-refractivity contribution in [2.75, 3.05) is 33.2 Å². The quantitative estimate of drug-likeness (QED) is 0.747. The number of nitrogens with two attached hydrogens (primary N) is 1. The Morgan fingerprint density at radius 3 is 2.81 bits per heavy atom. The van der Waals surface area contributed by atoms with Gasteiger partial charge in [0.2, 0.25) is 5.91 Å². The highest BCUT2D eigenvalue weighted by molar-refractivity contribution is 5.78. The predicted molar refractivity (Wildman–Crippen MR) is 64.0 cm³/mol. The monoisotopic (exact) mass is 225 g/mol. The van der Waals surface area contributed by atoms with Gasteiger partial charge in [-0.2, -0.15) is 0 Å². The third kappa shape index (κ3) is 2.95. The van der Waals surface area contributed by atoms with Crippen LogP contribution in [0.15, 0.2) is 0 Å². The molecule has 4 heteroatoms. The molecule has 2 N–H and O–H groups in total. The molecular formula is C12H23N3O. The van der Waals surface area contributed by atoms with Crippen LogP contribution >= 0.6 is 0 Å². The van der Waals surface area contributed by atoms with Gasteiger partial charge in [0.1, 0.15) is 0 Å². The second kappa shape index (κ2) is 5.15. The van der Waals surface area contributed by atoms with Crippen LogP contribution in [0.1, 0.15) is 25.7 Å². The molecular weight excluding hydrogens is 202 g/mol. The van der Waals surface area contributed by atoms with Crippen LogP contribution in [0.2, 0.25) is 0 Å². The number of hydrogen-bond donors (Lipinski definition) is 1. The minimum atomic E-state index is 0.110. The molecule has 1 heterocycles. The molecule has 1 amide bonds. The molecule has 2 rings (SSSR count). The highest BCUT2D eigenvalue weighted by Crippen LogP contribution is 2.27. The molecule has 0 spiro atoms. The zero-order valence-corrected chi connectivity index (χ0v) is 10.2. The van der Waals surface area contributed by atoms with Crippen LogP contribution in [0.5, 0.6) is 0 Å². The molecule has 1 aliphatic carbocycles. The first-order chi connectivity index (χ1) is 7.70. The van der Waals surface area contributed by atoms with Crippen molar-refractivity contribution in [1.29, 1.82) is 0 Å². The van der Waals surface area contributed by atoms with Gasteiger partial charge in [0.15, 0.2) is 0 Å². The van der Waals surface area contributed by atoms with Gasteiger partial charge in [-0.05, 0) is 38.6 Å². The number of likely N-dealkylation sites (tertiary alicyclic amines) is 1. The fraction of sp³-hybridized carbons (Fsp3) is 0.917. The van der Waals surface area contributed by atoms with Gasteiger partial charge < -0.3 is 15.5 Å². The summed E-state index contributed by atoms with van der Waals surface area (Å²) < 4.78 is 0. The lowest BCUT2D eigenvalue weighted by atomic mass is 9.97. The zero-order valence-electron chi connectivity index (χ0n) is 10.2. The number of amides is 1. The number of nitrogens with zero attached hydrogens (tertiary/aromatic N) is 2. The van der Waals surface area contributed by atoms with Crippen LogP contribution in [-0.4, -0.2) is 55.0 Å². The Bertz CT molecular complexity index is 253. The number of piperidine rings is 1. The summed E-state index contributed by atoms with van der Waals surface area (Å²) in [5.41, 5.74) is 5.41. The van der Waals surface area contributed by atoms with Gasteiger partial charge in [-0.3, -0.25) is 4.79 Å². The van der Waals surface area contributed by atoms with Gasteiger partial charge in [0.05, 0.1) is 6.54 Å². The van der Waals surface area contributed by atoms with Gasteiger partial charge >= 0.3 is 0 Å². The fourth-order valence-electron chi connectivity index (χ4n) is 2.64. The maximum atomic E-state index is 11.5. The van der Waals surface area contributed by atoms with Gasteiger partial charge in [0, 0.05) is 25.7 Å². The van der Waals surface area contributed by atoms with Crippen LogP contribution in [0.4, 0.5) is 0 Å². The average Bonchev–Trinajstić information content (AvgIpc) is 3.12. The van der Waals surface area contributed by atoms with Crippen molar-refractivity contribution in [1.82, 2.24) is 9.80 Å². The van der Waals surface area contributed by atoms with E-state index in [1.807, 2.05) is 4.90 Å². The lowest BCUT2D eigenvalue weighted by molar-refractivity contribution is -0.131. The Kier molecular flexibility index (Phi) is 3.82. The van der Waals surface area contributed by atoms with Gasteiger partial charge in [-0.25, -0.2) is 0 Å². The second-order valence-electron chi connectivity index (χ2n) is 5.22. The predicted octanol–water partition coefficient (Wildman–Crippen LogP) is 0.278. The maximum Gasteiger partial charge on any atom is 0.236 e. The molecule has 1 aliphatic heterocycles. The Hall–Kier alpha value is -0.610. The molecule has 16 heavy (non-hydrogen) atoms. The fourth-order valence-corrected chi connectivity index (χ4v) is 2.64. The van der Waals surface area contributed by atoms with Crippen LogP contribution in [0, 0.1) is 5.92 Å². The molecule has 2 fully saturated rings. The second-order valence-corrected chi connectivity index (χ2v) is 5.22. The zero-order chi connectivity index (χ0) is 11.5. The van der Waals surface area contributed by atoms with E-state index in [0.29, 0.717) is 5.92 Å². The van der Waals surface area contributed by atoms with E-state index in [4.69, 9.17) is 5.73 Å². The van der Waals surface area contributed by atoms with Crippen molar-refractivity contribution in [3.8, 4) is 0 Å². The minimum absolute atomic E-state index is 0.110. The van der Waals surface area contributed by atoms with Gasteiger partial charge in [0.25, 0.3) is 0 Å². The highest BCUT2D eigenvalue weighted by Gasteiger charge is 2.30. The van der Waals surface area contributed by atoms with Crippen LogP contribution in [0.25, 0.3) is 0 Å². The Morgan fingerprint density at radius 2 is 2.19 bits per heavy atom. The van der Waals surface area contributed by atoms with E-state index in [9.17, 15) is 4.79 Å². The first-order valence-corrected chi connectivity index (χ1v) is 6.38. The number of carbonyl (C=O) groups excluding carboxylic acids is 1. The van der Waals surface area contributed by atoms with Crippen molar-refractivity contribution in [2.45, 2.75) is 31.7 Å². The summed E-state index contributed by atoms with van der Waals surface area (Å²) in [5.74, 6) is 0.758. The van der Waals surface area contributed by atoms with E-state index in [2.05, 4.69) is 11.9 Å². The third-order valence-electron chi connectivity index (χ3n) is 3.76. The van der Waals surface area contributed by atoms with E-state index in [-0.39, 0.29) is 12.5 Å². The van der Waals surface area contributed by atoms with Crippen LogP contribution in [-0.2, 0) is 4.79 Å². The minimum Gasteiger partial charge on any atom is -0.341 e. The molecule has 2 aliphatic rings. The first-order valence-electron chi connectivity index (χ1n) is 6.38. The maximum absolute atomic E-state index is 11.5. The van der Waals surface area contributed by atoms with Crippen LogP contribution < -0.4 is 5.73 Å². The Balaban J connectivity index is 1.79. The Morgan fingerprint density at radius 1 is 1.44 bits per heavy atom. The third-order valence-corrected chi connectivity index (χ3v) is 3.76. The largest absolute Gasteiger partial charge is 0.341 e. The molecule has 4 nitrogen and oxygen atoms in total. The number of carbonyl (C=O) groups is 1. The molecule has 1 saturated heterocycles.